The number of halogens is 2. The van der Waals surface area contributed by atoms with Crippen LogP contribution >= 0.6 is 0 Å². The zero-order chi connectivity index (χ0) is 18.1. The van der Waals surface area contributed by atoms with E-state index in [1.54, 1.807) is 0 Å². The van der Waals surface area contributed by atoms with Gasteiger partial charge in [-0.2, -0.15) is 10.1 Å². The molecule has 1 aliphatic carbocycles. The fourth-order valence-electron chi connectivity index (χ4n) is 4.85. The molecule has 0 bridgehead atoms. The predicted octanol–water partition coefficient (Wildman–Crippen LogP) is 3.09. The summed E-state index contributed by atoms with van der Waals surface area (Å²) in [6, 6.07) is -1.03. The minimum atomic E-state index is -2.47. The van der Waals surface area contributed by atoms with E-state index in [1.807, 2.05) is 4.90 Å². The third-order valence-electron chi connectivity index (χ3n) is 6.28. The van der Waals surface area contributed by atoms with Crippen LogP contribution in [0, 0.1) is 11.8 Å². The molecule has 26 heavy (non-hydrogen) atoms. The van der Waals surface area contributed by atoms with Gasteiger partial charge in [0.1, 0.15) is 12.4 Å². The highest BCUT2D eigenvalue weighted by Gasteiger charge is 2.39. The van der Waals surface area contributed by atoms with E-state index in [1.165, 1.54) is 17.4 Å². The van der Waals surface area contributed by atoms with Gasteiger partial charge in [0.25, 0.3) is 6.43 Å². The summed E-state index contributed by atoms with van der Waals surface area (Å²) in [5.74, 6) is 1.04. The first-order chi connectivity index (χ1) is 12.6. The van der Waals surface area contributed by atoms with Gasteiger partial charge in [-0.1, -0.05) is 19.3 Å². The molecule has 6 nitrogen and oxygen atoms in total. The maximum atomic E-state index is 13.5. The van der Waals surface area contributed by atoms with Crippen molar-refractivity contribution in [2.45, 2.75) is 69.9 Å². The van der Waals surface area contributed by atoms with E-state index in [4.69, 9.17) is 0 Å². The van der Waals surface area contributed by atoms with Crippen molar-refractivity contribution in [2.75, 3.05) is 18.4 Å². The third-order valence-corrected chi connectivity index (χ3v) is 6.28. The van der Waals surface area contributed by atoms with Crippen LogP contribution in [0.5, 0.6) is 0 Å². The first-order valence-electron chi connectivity index (χ1n) is 9.86. The molecule has 144 valence electrons. The normalized spacial score (nSPS) is 30.1. The summed E-state index contributed by atoms with van der Waals surface area (Å²) >= 11 is 0. The van der Waals surface area contributed by atoms with Gasteiger partial charge >= 0.3 is 0 Å². The van der Waals surface area contributed by atoms with E-state index >= 15 is 0 Å². The lowest BCUT2D eigenvalue weighted by Crippen LogP contribution is -2.49. The van der Waals surface area contributed by atoms with Gasteiger partial charge in [-0.25, -0.2) is 13.5 Å². The zero-order valence-electron chi connectivity index (χ0n) is 15.0. The minimum absolute atomic E-state index is 0.0901. The number of nitrogens with zero attached hydrogens (tertiary/aromatic N) is 4. The molecule has 1 saturated carbocycles. The second-order valence-corrected chi connectivity index (χ2v) is 7.94. The number of carbonyl (C=O) groups excluding carboxylic acids is 1. The van der Waals surface area contributed by atoms with E-state index in [9.17, 15) is 13.6 Å². The monoisotopic (exact) mass is 367 g/mol. The summed E-state index contributed by atoms with van der Waals surface area (Å²) in [4.78, 5) is 18.9. The highest BCUT2D eigenvalue weighted by Crippen LogP contribution is 2.35. The standard InChI is InChI=1S/C18H27F2N5O/c19-16(20)15-9-14(23-18-21-11-22-25(15)18)13-7-4-8-24(10-13)17(26)12-5-2-1-3-6-12/h11-16H,1-10H2,(H,21,22,23)/t13?,14-,15+/m0/s1. The lowest BCUT2D eigenvalue weighted by Gasteiger charge is -2.41. The quantitative estimate of drug-likeness (QED) is 0.892. The second-order valence-electron chi connectivity index (χ2n) is 7.94. The molecule has 2 fully saturated rings. The molecular formula is C18H27F2N5O. The number of aromatic nitrogens is 3. The number of carbonyl (C=O) groups is 1. The summed E-state index contributed by atoms with van der Waals surface area (Å²) in [7, 11) is 0. The van der Waals surface area contributed by atoms with Crippen molar-refractivity contribution in [1.82, 2.24) is 19.7 Å². The number of fused-ring (bicyclic) bond motifs is 1. The zero-order valence-corrected chi connectivity index (χ0v) is 15.0. The molecule has 0 spiro atoms. The van der Waals surface area contributed by atoms with Crippen LogP contribution in [0.4, 0.5) is 14.7 Å². The number of nitrogens with one attached hydrogen (secondary N) is 1. The number of likely N-dealkylation sites (tertiary alicyclic amines) is 1. The smallest absolute Gasteiger partial charge is 0.260 e. The van der Waals surface area contributed by atoms with Crippen LogP contribution < -0.4 is 5.32 Å². The summed E-state index contributed by atoms with van der Waals surface area (Å²) in [5, 5.41) is 7.23. The second kappa shape index (κ2) is 7.48. The van der Waals surface area contributed by atoms with Crippen molar-refractivity contribution >= 4 is 11.9 Å². The largest absolute Gasteiger partial charge is 0.351 e. The Labute approximate surface area is 152 Å². The van der Waals surface area contributed by atoms with E-state index in [2.05, 4.69) is 15.4 Å². The van der Waals surface area contributed by atoms with Crippen LogP contribution in [0.3, 0.4) is 0 Å². The molecule has 1 aromatic heterocycles. The van der Waals surface area contributed by atoms with Crippen molar-refractivity contribution < 1.29 is 13.6 Å². The topological polar surface area (TPSA) is 63.1 Å². The Morgan fingerprint density at radius 3 is 2.77 bits per heavy atom. The Morgan fingerprint density at radius 2 is 2.00 bits per heavy atom. The average molecular weight is 367 g/mol. The summed E-state index contributed by atoms with van der Waals surface area (Å²) in [6.45, 7) is 1.46. The van der Waals surface area contributed by atoms with Crippen molar-refractivity contribution in [2.24, 2.45) is 11.8 Å². The molecule has 0 radical (unpaired) electrons. The molecule has 3 atom stereocenters. The number of hydrogen-bond acceptors (Lipinski definition) is 4. The van der Waals surface area contributed by atoms with Crippen LogP contribution in [0.2, 0.25) is 0 Å². The molecule has 1 N–H and O–H groups in total. The van der Waals surface area contributed by atoms with Crippen LogP contribution in [0.25, 0.3) is 0 Å². The molecule has 3 aliphatic rings. The van der Waals surface area contributed by atoms with Gasteiger partial charge in [0, 0.05) is 25.0 Å². The Balaban J connectivity index is 1.44. The van der Waals surface area contributed by atoms with E-state index in [-0.39, 0.29) is 23.8 Å². The van der Waals surface area contributed by atoms with Gasteiger partial charge in [0.2, 0.25) is 11.9 Å². The molecule has 1 amide bonds. The first kappa shape index (κ1) is 17.7. The number of piperidine rings is 1. The predicted molar refractivity (Wildman–Crippen MR) is 93.0 cm³/mol. The first-order valence-corrected chi connectivity index (χ1v) is 9.86. The Kier molecular flexibility index (Phi) is 5.09. The Bertz CT molecular complexity index is 631. The van der Waals surface area contributed by atoms with Crippen molar-refractivity contribution in [3.05, 3.63) is 6.33 Å². The maximum Gasteiger partial charge on any atom is 0.260 e. The van der Waals surface area contributed by atoms with Gasteiger partial charge in [-0.15, -0.1) is 0 Å². The van der Waals surface area contributed by atoms with Gasteiger partial charge in [0.15, 0.2) is 0 Å². The Hall–Kier alpha value is -1.73. The van der Waals surface area contributed by atoms with Gasteiger partial charge in [0.05, 0.1) is 0 Å². The van der Waals surface area contributed by atoms with Crippen LogP contribution in [-0.2, 0) is 4.79 Å². The van der Waals surface area contributed by atoms with E-state index in [0.29, 0.717) is 18.9 Å². The van der Waals surface area contributed by atoms with Crippen LogP contribution in [0.1, 0.15) is 57.4 Å². The molecule has 2 aliphatic heterocycles. The summed E-state index contributed by atoms with van der Waals surface area (Å²) in [5.41, 5.74) is 0. The summed E-state index contributed by atoms with van der Waals surface area (Å²) in [6.07, 6.45) is 6.58. The van der Waals surface area contributed by atoms with Crippen LogP contribution in [-0.4, -0.2) is 51.1 Å². The molecule has 8 heteroatoms. The SMILES string of the molecule is O=C(C1CCCCC1)N1CCCC([C@@H]2C[C@H](C(F)F)n3ncnc3N2)C1. The van der Waals surface area contributed by atoms with Gasteiger partial charge < -0.3 is 10.2 Å². The van der Waals surface area contributed by atoms with Gasteiger partial charge in [-0.3, -0.25) is 4.79 Å². The number of alkyl halides is 2. The number of rotatable bonds is 3. The number of amides is 1. The molecule has 1 unspecified atom stereocenters. The molecule has 0 aromatic carbocycles. The third kappa shape index (κ3) is 3.42. The number of hydrogen-bond donors (Lipinski definition) is 1. The van der Waals surface area contributed by atoms with Crippen LogP contribution in [0.15, 0.2) is 6.33 Å². The average Bonchev–Trinajstić information content (AvgIpc) is 3.16. The maximum absolute atomic E-state index is 13.5. The van der Waals surface area contributed by atoms with E-state index < -0.39 is 12.5 Å². The van der Waals surface area contributed by atoms with Crippen molar-refractivity contribution in [1.29, 1.82) is 0 Å². The highest BCUT2D eigenvalue weighted by atomic mass is 19.3. The minimum Gasteiger partial charge on any atom is -0.351 e. The fourth-order valence-corrected chi connectivity index (χ4v) is 4.85. The molecule has 1 saturated heterocycles. The van der Waals surface area contributed by atoms with Crippen molar-refractivity contribution in [3.63, 3.8) is 0 Å². The fraction of sp³-hybridized carbons (Fsp3) is 0.833. The van der Waals surface area contributed by atoms with Crippen molar-refractivity contribution in [3.8, 4) is 0 Å². The molecule has 4 rings (SSSR count). The Morgan fingerprint density at radius 1 is 1.19 bits per heavy atom. The lowest BCUT2D eigenvalue weighted by molar-refractivity contribution is -0.138. The number of anilines is 1. The lowest BCUT2D eigenvalue weighted by atomic mass is 9.84. The summed E-state index contributed by atoms with van der Waals surface area (Å²) < 4.78 is 28.3. The molecule has 1 aromatic rings. The van der Waals surface area contributed by atoms with Gasteiger partial charge in [-0.05, 0) is 38.0 Å². The molecular weight excluding hydrogens is 340 g/mol. The van der Waals surface area contributed by atoms with E-state index in [0.717, 1.165) is 45.1 Å². The highest BCUT2D eigenvalue weighted by molar-refractivity contribution is 5.79. The molecule has 3 heterocycles.